The van der Waals surface area contributed by atoms with Gasteiger partial charge in [-0.05, 0) is 74.4 Å². The molecule has 11 nitrogen and oxygen atoms in total. The quantitative estimate of drug-likeness (QED) is 0.174. The summed E-state index contributed by atoms with van der Waals surface area (Å²) in [5, 5.41) is 8.27. The summed E-state index contributed by atoms with van der Waals surface area (Å²) in [5.74, 6) is -0.917. The molecule has 0 saturated heterocycles. The fourth-order valence-corrected chi connectivity index (χ4v) is 4.34. The van der Waals surface area contributed by atoms with Crippen LogP contribution in [0.15, 0.2) is 91.4 Å². The van der Waals surface area contributed by atoms with Crippen LogP contribution in [0.1, 0.15) is 46.9 Å². The molecule has 0 saturated carbocycles. The van der Waals surface area contributed by atoms with E-state index in [9.17, 15) is 14.4 Å². The molecule has 0 aliphatic heterocycles. The number of nitrogens with two attached hydrogens (primary N) is 1. The number of rotatable bonds is 14. The summed E-state index contributed by atoms with van der Waals surface area (Å²) in [4.78, 5) is 52.4. The van der Waals surface area contributed by atoms with Gasteiger partial charge in [-0.15, -0.1) is 0 Å². The third-order valence-corrected chi connectivity index (χ3v) is 6.79. The summed E-state index contributed by atoms with van der Waals surface area (Å²) in [5.41, 5.74) is 10.3. The van der Waals surface area contributed by atoms with Gasteiger partial charge in [0.25, 0.3) is 5.91 Å². The molecule has 1 aromatic carbocycles. The molecule has 11 heteroatoms. The molecule has 3 aromatic heterocycles. The molecule has 2 atom stereocenters. The number of nitrogens with one attached hydrogen (secondary N) is 3. The van der Waals surface area contributed by atoms with Crippen molar-refractivity contribution in [2.24, 2.45) is 5.73 Å². The van der Waals surface area contributed by atoms with Crippen LogP contribution in [0.2, 0.25) is 0 Å². The smallest absolute Gasteiger partial charge is 0.257 e. The van der Waals surface area contributed by atoms with E-state index in [0.29, 0.717) is 43.9 Å². The number of hydrogen-bond acceptors (Lipinski definition) is 8. The van der Waals surface area contributed by atoms with Gasteiger partial charge in [0.15, 0.2) is 0 Å². The zero-order chi connectivity index (χ0) is 31.3. The summed E-state index contributed by atoms with van der Waals surface area (Å²) >= 11 is 0. The van der Waals surface area contributed by atoms with Crippen LogP contribution in [0.4, 0.5) is 5.69 Å². The topological polar surface area (TPSA) is 155 Å². The van der Waals surface area contributed by atoms with Crippen LogP contribution in [0, 0.1) is 0 Å². The van der Waals surface area contributed by atoms with Crippen LogP contribution in [0.5, 0.6) is 0 Å². The molecule has 0 aliphatic carbocycles. The molecule has 0 radical (unpaired) electrons. The number of hydrogen-bond donors (Lipinski definition) is 4. The maximum absolute atomic E-state index is 12.9. The van der Waals surface area contributed by atoms with Crippen LogP contribution in [-0.4, -0.2) is 56.2 Å². The Morgan fingerprint density at radius 2 is 1.39 bits per heavy atom. The third-order valence-electron chi connectivity index (χ3n) is 6.79. The van der Waals surface area contributed by atoms with E-state index in [2.05, 4.69) is 35.8 Å². The number of amides is 3. The molecule has 0 aliphatic rings. The molecule has 0 spiro atoms. The van der Waals surface area contributed by atoms with Gasteiger partial charge < -0.3 is 21.7 Å². The molecule has 3 heterocycles. The van der Waals surface area contributed by atoms with Gasteiger partial charge in [-0.25, -0.2) is 0 Å². The Balaban J connectivity index is 1.27. The van der Waals surface area contributed by atoms with Gasteiger partial charge in [-0.2, -0.15) is 0 Å². The van der Waals surface area contributed by atoms with E-state index in [1.165, 1.54) is 0 Å². The Labute approximate surface area is 257 Å². The van der Waals surface area contributed by atoms with Crippen molar-refractivity contribution in [2.75, 3.05) is 11.9 Å². The minimum Gasteiger partial charge on any atom is -0.354 e. The lowest BCUT2D eigenvalue weighted by atomic mass is 10.1. The maximum Gasteiger partial charge on any atom is 0.257 e. The van der Waals surface area contributed by atoms with Crippen LogP contribution >= 0.6 is 0 Å². The molecule has 4 rings (SSSR count). The Kier molecular flexibility index (Phi) is 11.6. The van der Waals surface area contributed by atoms with E-state index in [1.807, 2.05) is 66.7 Å². The van der Waals surface area contributed by atoms with Gasteiger partial charge >= 0.3 is 0 Å². The van der Waals surface area contributed by atoms with Gasteiger partial charge in [0.1, 0.15) is 6.04 Å². The zero-order valence-electron chi connectivity index (χ0n) is 24.9. The highest BCUT2D eigenvalue weighted by Gasteiger charge is 2.17. The van der Waals surface area contributed by atoms with E-state index in [-0.39, 0.29) is 17.7 Å². The molecule has 4 aromatic rings. The lowest BCUT2D eigenvalue weighted by molar-refractivity contribution is -0.129. The number of carbonyl (C=O) groups is 3. The molecule has 2 unspecified atom stereocenters. The average molecular weight is 595 g/mol. The highest BCUT2D eigenvalue weighted by Crippen LogP contribution is 2.14. The standard InChI is InChI=1S/C33H38N8O3/c1-23(34)31(42)39-24(2)32(43)37-18-15-25-9-12-27(13-10-25)40-33(44)26-11-14-30(38-19-26)22-41(20-28-7-3-5-16-35-28)21-29-8-4-6-17-36-29/h3-14,16-17,19,23-24H,15,18,20-22,34H2,1-2H3,(H,37,43)(H,39,42)(H,40,44). The molecular weight excluding hydrogens is 556 g/mol. The summed E-state index contributed by atoms with van der Waals surface area (Å²) < 4.78 is 0. The molecule has 44 heavy (non-hydrogen) atoms. The highest BCUT2D eigenvalue weighted by molar-refractivity contribution is 6.04. The second kappa shape index (κ2) is 16.0. The molecule has 228 valence electrons. The van der Waals surface area contributed by atoms with E-state index in [4.69, 9.17) is 5.73 Å². The van der Waals surface area contributed by atoms with E-state index >= 15 is 0 Å². The van der Waals surface area contributed by atoms with E-state index in [1.54, 1.807) is 38.5 Å². The minimum atomic E-state index is -0.679. The summed E-state index contributed by atoms with van der Waals surface area (Å²) in [7, 11) is 0. The first-order valence-electron chi connectivity index (χ1n) is 14.5. The molecule has 0 fully saturated rings. The van der Waals surface area contributed by atoms with Crippen molar-refractivity contribution in [3.05, 3.63) is 120 Å². The van der Waals surface area contributed by atoms with Gasteiger partial charge in [0.05, 0.1) is 28.7 Å². The second-order valence-corrected chi connectivity index (χ2v) is 10.5. The summed E-state index contributed by atoms with van der Waals surface area (Å²) in [6.45, 7) is 5.41. The molecule has 0 bridgehead atoms. The van der Waals surface area contributed by atoms with Crippen molar-refractivity contribution in [3.8, 4) is 0 Å². The Bertz CT molecular complexity index is 1460. The summed E-state index contributed by atoms with van der Waals surface area (Å²) in [6, 6.07) is 21.4. The number of pyridine rings is 3. The largest absolute Gasteiger partial charge is 0.354 e. The minimum absolute atomic E-state index is 0.259. The van der Waals surface area contributed by atoms with Gasteiger partial charge in [0, 0.05) is 50.5 Å². The lowest BCUT2D eigenvalue weighted by Crippen LogP contribution is -2.49. The maximum atomic E-state index is 12.9. The molecule has 5 N–H and O–H groups in total. The first-order valence-corrected chi connectivity index (χ1v) is 14.5. The van der Waals surface area contributed by atoms with Gasteiger partial charge in [-0.3, -0.25) is 34.2 Å². The third kappa shape index (κ3) is 10.1. The van der Waals surface area contributed by atoms with Crippen molar-refractivity contribution in [2.45, 2.75) is 52.0 Å². The van der Waals surface area contributed by atoms with Crippen LogP contribution in [0.3, 0.4) is 0 Å². The zero-order valence-corrected chi connectivity index (χ0v) is 24.9. The molecular formula is C33H38N8O3. The average Bonchev–Trinajstić information content (AvgIpc) is 3.03. The van der Waals surface area contributed by atoms with Crippen molar-refractivity contribution in [1.82, 2.24) is 30.5 Å². The fraction of sp³-hybridized carbons (Fsp3) is 0.273. The monoisotopic (exact) mass is 594 g/mol. The first kappa shape index (κ1) is 31.9. The predicted molar refractivity (Wildman–Crippen MR) is 168 cm³/mol. The number of benzene rings is 1. The fourth-order valence-electron chi connectivity index (χ4n) is 4.34. The van der Waals surface area contributed by atoms with Crippen molar-refractivity contribution >= 4 is 23.4 Å². The van der Waals surface area contributed by atoms with E-state index < -0.39 is 12.1 Å². The number of anilines is 1. The lowest BCUT2D eigenvalue weighted by Gasteiger charge is -2.21. The van der Waals surface area contributed by atoms with Crippen molar-refractivity contribution in [3.63, 3.8) is 0 Å². The predicted octanol–water partition coefficient (Wildman–Crippen LogP) is 2.84. The van der Waals surface area contributed by atoms with E-state index in [0.717, 1.165) is 22.6 Å². The normalized spacial score (nSPS) is 12.3. The van der Waals surface area contributed by atoms with Crippen molar-refractivity contribution < 1.29 is 14.4 Å². The number of carbonyl (C=O) groups excluding carboxylic acids is 3. The second-order valence-electron chi connectivity index (χ2n) is 10.5. The summed E-state index contributed by atoms with van der Waals surface area (Å²) in [6.07, 6.45) is 5.74. The van der Waals surface area contributed by atoms with Crippen LogP contribution < -0.4 is 21.7 Å². The van der Waals surface area contributed by atoms with Crippen LogP contribution in [-0.2, 0) is 35.6 Å². The Morgan fingerprint density at radius 3 is 1.91 bits per heavy atom. The number of aromatic nitrogens is 3. The van der Waals surface area contributed by atoms with Gasteiger partial charge in [-0.1, -0.05) is 24.3 Å². The first-order chi connectivity index (χ1) is 21.3. The Hall–Kier alpha value is -5.00. The van der Waals surface area contributed by atoms with Gasteiger partial charge in [0.2, 0.25) is 11.8 Å². The highest BCUT2D eigenvalue weighted by atomic mass is 16.2. The SMILES string of the molecule is CC(N)C(=O)NC(C)C(=O)NCCc1ccc(NC(=O)c2ccc(CN(Cc3ccccn3)Cc3ccccn3)nc2)cc1. The molecule has 3 amide bonds. The van der Waals surface area contributed by atoms with Crippen molar-refractivity contribution in [1.29, 1.82) is 0 Å². The van der Waals surface area contributed by atoms with Crippen LogP contribution in [0.25, 0.3) is 0 Å². The number of nitrogens with zero attached hydrogens (tertiary/aromatic N) is 4. The Morgan fingerprint density at radius 1 is 0.773 bits per heavy atom.